The van der Waals surface area contributed by atoms with E-state index in [1.54, 1.807) is 13.2 Å². The average molecular weight is 292 g/mol. The van der Waals surface area contributed by atoms with Gasteiger partial charge < -0.3 is 19.3 Å². The van der Waals surface area contributed by atoms with Gasteiger partial charge in [-0.3, -0.25) is 0 Å². The zero-order valence-corrected chi connectivity index (χ0v) is 13.3. The topological polar surface area (TPSA) is 42.0 Å². The van der Waals surface area contributed by atoms with E-state index in [2.05, 4.69) is 23.9 Å². The highest BCUT2D eigenvalue weighted by molar-refractivity contribution is 5.96. The Morgan fingerprint density at radius 2 is 2.14 bits per heavy atom. The summed E-state index contributed by atoms with van der Waals surface area (Å²) in [5.41, 5.74) is 1.51. The average Bonchev–Trinajstić information content (AvgIpc) is 2.92. The molecule has 1 saturated heterocycles. The molecule has 1 heterocycles. The molecule has 2 rings (SSSR count). The number of nitrogens with zero attached hydrogens (tertiary/aromatic N) is 2. The van der Waals surface area contributed by atoms with Crippen LogP contribution in [-0.2, 0) is 4.74 Å². The van der Waals surface area contributed by atoms with Gasteiger partial charge in [0.1, 0.15) is 5.75 Å². The molecular weight excluding hydrogens is 268 g/mol. The number of anilines is 1. The zero-order valence-electron chi connectivity index (χ0n) is 13.3. The highest BCUT2D eigenvalue weighted by Crippen LogP contribution is 2.32. The Bertz CT molecular complexity index is 502. The van der Waals surface area contributed by atoms with Crippen molar-refractivity contribution in [3.05, 3.63) is 23.8 Å². The molecule has 0 aliphatic carbocycles. The molecule has 0 spiro atoms. The van der Waals surface area contributed by atoms with E-state index in [0.717, 1.165) is 31.6 Å². The van der Waals surface area contributed by atoms with Crippen LogP contribution in [0.5, 0.6) is 5.75 Å². The molecule has 0 radical (unpaired) electrons. The quantitative estimate of drug-likeness (QED) is 0.777. The van der Waals surface area contributed by atoms with Gasteiger partial charge >= 0.3 is 5.97 Å². The van der Waals surface area contributed by atoms with Crippen molar-refractivity contribution in [1.29, 1.82) is 0 Å². The van der Waals surface area contributed by atoms with Crippen LogP contribution in [0, 0.1) is 0 Å². The second-order valence-corrected chi connectivity index (χ2v) is 5.63. The minimum atomic E-state index is -0.320. The van der Waals surface area contributed by atoms with Crippen LogP contribution in [0.4, 0.5) is 5.69 Å². The maximum Gasteiger partial charge on any atom is 0.340 e. The molecule has 0 saturated carbocycles. The summed E-state index contributed by atoms with van der Waals surface area (Å²) >= 11 is 0. The normalized spacial score (nSPS) is 18.1. The number of hydrogen-bond donors (Lipinski definition) is 0. The van der Waals surface area contributed by atoms with Gasteiger partial charge in [0, 0.05) is 19.1 Å². The van der Waals surface area contributed by atoms with E-state index in [4.69, 9.17) is 9.47 Å². The first-order valence-corrected chi connectivity index (χ1v) is 7.24. The number of carbonyl (C=O) groups excluding carboxylic acids is 1. The molecule has 1 aliphatic heterocycles. The van der Waals surface area contributed by atoms with Crippen molar-refractivity contribution in [2.75, 3.05) is 46.3 Å². The summed E-state index contributed by atoms with van der Waals surface area (Å²) in [5, 5.41) is 0. The smallest absolute Gasteiger partial charge is 0.340 e. The van der Waals surface area contributed by atoms with E-state index in [1.165, 1.54) is 7.11 Å². The molecule has 1 atom stereocenters. The SMILES string of the molecule is COC(=O)c1cc(OC)ccc1N1CCCC1CN(C)C. The fourth-order valence-electron chi connectivity index (χ4n) is 2.93. The van der Waals surface area contributed by atoms with Crippen LogP contribution in [0.1, 0.15) is 23.2 Å². The van der Waals surface area contributed by atoms with Crippen molar-refractivity contribution in [3.63, 3.8) is 0 Å². The minimum Gasteiger partial charge on any atom is -0.497 e. The summed E-state index contributed by atoms with van der Waals surface area (Å²) in [6.45, 7) is 1.95. The number of likely N-dealkylation sites (N-methyl/N-ethyl adjacent to an activating group) is 1. The van der Waals surface area contributed by atoms with Crippen molar-refractivity contribution >= 4 is 11.7 Å². The van der Waals surface area contributed by atoms with Gasteiger partial charge in [0.05, 0.1) is 25.5 Å². The van der Waals surface area contributed by atoms with E-state index in [9.17, 15) is 4.79 Å². The lowest BCUT2D eigenvalue weighted by molar-refractivity contribution is 0.0601. The van der Waals surface area contributed by atoms with Gasteiger partial charge in [0.15, 0.2) is 0 Å². The van der Waals surface area contributed by atoms with Crippen LogP contribution < -0.4 is 9.64 Å². The fourth-order valence-corrected chi connectivity index (χ4v) is 2.93. The third-order valence-electron chi connectivity index (χ3n) is 3.87. The first-order valence-electron chi connectivity index (χ1n) is 7.24. The summed E-state index contributed by atoms with van der Waals surface area (Å²) in [4.78, 5) is 16.6. The summed E-state index contributed by atoms with van der Waals surface area (Å²) < 4.78 is 10.1. The number of esters is 1. The molecule has 1 fully saturated rings. The summed E-state index contributed by atoms with van der Waals surface area (Å²) in [5.74, 6) is 0.349. The van der Waals surface area contributed by atoms with Crippen LogP contribution in [0.15, 0.2) is 18.2 Å². The van der Waals surface area contributed by atoms with Gasteiger partial charge in [0.25, 0.3) is 0 Å². The molecule has 0 amide bonds. The molecule has 5 heteroatoms. The molecule has 0 N–H and O–H groups in total. The van der Waals surface area contributed by atoms with E-state index in [0.29, 0.717) is 17.4 Å². The van der Waals surface area contributed by atoms with Gasteiger partial charge in [0.2, 0.25) is 0 Å². The predicted octanol–water partition coefficient (Wildman–Crippen LogP) is 2.01. The van der Waals surface area contributed by atoms with Crippen LogP contribution >= 0.6 is 0 Å². The maximum atomic E-state index is 12.1. The second-order valence-electron chi connectivity index (χ2n) is 5.63. The van der Waals surface area contributed by atoms with Gasteiger partial charge in [-0.1, -0.05) is 0 Å². The van der Waals surface area contributed by atoms with Gasteiger partial charge in [-0.25, -0.2) is 4.79 Å². The van der Waals surface area contributed by atoms with Crippen molar-refractivity contribution in [2.45, 2.75) is 18.9 Å². The molecule has 21 heavy (non-hydrogen) atoms. The molecule has 1 unspecified atom stereocenters. The molecule has 116 valence electrons. The Labute approximate surface area is 126 Å². The minimum absolute atomic E-state index is 0.320. The summed E-state index contributed by atoms with van der Waals surface area (Å²) in [7, 11) is 7.16. The Kier molecular flexibility index (Phi) is 5.07. The Hall–Kier alpha value is -1.75. The fraction of sp³-hybridized carbons (Fsp3) is 0.562. The summed E-state index contributed by atoms with van der Waals surface area (Å²) in [6, 6.07) is 6.04. The highest BCUT2D eigenvalue weighted by atomic mass is 16.5. The van der Waals surface area contributed by atoms with Crippen LogP contribution in [0.3, 0.4) is 0 Å². The zero-order chi connectivity index (χ0) is 15.4. The number of hydrogen-bond acceptors (Lipinski definition) is 5. The van der Waals surface area contributed by atoms with E-state index < -0.39 is 0 Å². The Morgan fingerprint density at radius 1 is 1.38 bits per heavy atom. The van der Waals surface area contributed by atoms with Gasteiger partial charge in [-0.2, -0.15) is 0 Å². The van der Waals surface area contributed by atoms with E-state index in [-0.39, 0.29) is 5.97 Å². The number of methoxy groups -OCH3 is 2. The molecule has 0 bridgehead atoms. The van der Waals surface area contributed by atoms with Gasteiger partial charge in [-0.15, -0.1) is 0 Å². The second kappa shape index (κ2) is 6.80. The summed E-state index contributed by atoms with van der Waals surface area (Å²) in [6.07, 6.45) is 2.29. The number of carbonyl (C=O) groups is 1. The molecule has 0 aromatic heterocycles. The Morgan fingerprint density at radius 3 is 2.76 bits per heavy atom. The first kappa shape index (κ1) is 15.6. The van der Waals surface area contributed by atoms with Crippen molar-refractivity contribution in [3.8, 4) is 5.75 Å². The monoisotopic (exact) mass is 292 g/mol. The molecular formula is C16H24N2O3. The van der Waals surface area contributed by atoms with Crippen molar-refractivity contribution in [1.82, 2.24) is 4.90 Å². The number of rotatable bonds is 5. The van der Waals surface area contributed by atoms with Crippen LogP contribution in [0.25, 0.3) is 0 Å². The lowest BCUT2D eigenvalue weighted by Gasteiger charge is -2.30. The standard InChI is InChI=1S/C16H24N2O3/c1-17(2)11-12-6-5-9-18(12)15-8-7-13(20-3)10-14(15)16(19)21-4/h7-8,10,12H,5-6,9,11H2,1-4H3. The van der Waals surface area contributed by atoms with Crippen LogP contribution in [-0.4, -0.2) is 58.3 Å². The molecule has 1 aliphatic rings. The van der Waals surface area contributed by atoms with Crippen LogP contribution in [0.2, 0.25) is 0 Å². The highest BCUT2D eigenvalue weighted by Gasteiger charge is 2.28. The third kappa shape index (κ3) is 3.47. The van der Waals surface area contributed by atoms with E-state index >= 15 is 0 Å². The van der Waals surface area contributed by atoms with E-state index in [1.807, 2.05) is 12.1 Å². The largest absolute Gasteiger partial charge is 0.497 e. The van der Waals surface area contributed by atoms with Gasteiger partial charge in [-0.05, 0) is 45.1 Å². The molecule has 1 aromatic carbocycles. The maximum absolute atomic E-state index is 12.1. The number of benzene rings is 1. The lowest BCUT2D eigenvalue weighted by Crippen LogP contribution is -2.38. The number of ether oxygens (including phenoxy) is 2. The molecule has 1 aromatic rings. The van der Waals surface area contributed by atoms with Crippen molar-refractivity contribution in [2.24, 2.45) is 0 Å². The lowest BCUT2D eigenvalue weighted by atomic mass is 10.1. The van der Waals surface area contributed by atoms with Crippen molar-refractivity contribution < 1.29 is 14.3 Å². The Balaban J connectivity index is 2.35. The first-order chi connectivity index (χ1) is 10.1. The molecule has 5 nitrogen and oxygen atoms in total. The predicted molar refractivity (Wildman–Crippen MR) is 83.3 cm³/mol. The third-order valence-corrected chi connectivity index (χ3v) is 3.87.